The molecule has 4 nitrogen and oxygen atoms in total. The van der Waals surface area contributed by atoms with Crippen LogP contribution in [0.5, 0.6) is 0 Å². The highest BCUT2D eigenvalue weighted by molar-refractivity contribution is 6.11. The van der Waals surface area contributed by atoms with E-state index in [2.05, 4.69) is 137 Å². The summed E-state index contributed by atoms with van der Waals surface area (Å²) in [5.41, 5.74) is 11.5. The number of allylic oxidation sites excluding steroid dienone is 4. The van der Waals surface area contributed by atoms with Crippen molar-refractivity contribution in [2.75, 3.05) is 0 Å². The maximum Gasteiger partial charge on any atom is 0.0991 e. The second kappa shape index (κ2) is 11.0. The lowest BCUT2D eigenvalue weighted by Gasteiger charge is -2.23. The number of para-hydroxylation sites is 4. The zero-order valence-corrected chi connectivity index (χ0v) is 26.0. The minimum atomic E-state index is 0.0378. The molecule has 2 aromatic heterocycles. The largest absolute Gasteiger partial charge is 0.313 e. The van der Waals surface area contributed by atoms with Crippen LogP contribution in [0.15, 0.2) is 157 Å². The number of fused-ring (bicyclic) bond motifs is 6. The zero-order valence-electron chi connectivity index (χ0n) is 26.0. The third kappa shape index (κ3) is 4.28. The van der Waals surface area contributed by atoms with E-state index in [4.69, 9.17) is 0 Å². The number of hydrogen-bond donors (Lipinski definition) is 0. The minimum Gasteiger partial charge on any atom is -0.313 e. The maximum atomic E-state index is 10.1. The molecule has 0 fully saturated rings. The molecule has 1 unspecified atom stereocenters. The molecule has 1 aliphatic rings. The molecule has 0 amide bonds. The van der Waals surface area contributed by atoms with Crippen LogP contribution >= 0.6 is 0 Å². The van der Waals surface area contributed by atoms with Gasteiger partial charge in [-0.25, -0.2) is 0 Å². The predicted molar refractivity (Wildman–Crippen MR) is 196 cm³/mol. The van der Waals surface area contributed by atoms with Crippen LogP contribution in [0, 0.1) is 22.7 Å². The van der Waals surface area contributed by atoms with E-state index in [1.54, 1.807) is 0 Å². The average Bonchev–Trinajstić information content (AvgIpc) is 3.67. The van der Waals surface area contributed by atoms with Crippen molar-refractivity contribution in [2.24, 2.45) is 0 Å². The molecular weight excluding hydrogens is 585 g/mol. The summed E-state index contributed by atoms with van der Waals surface area (Å²) in [4.78, 5) is 0. The summed E-state index contributed by atoms with van der Waals surface area (Å²) in [7, 11) is 0. The van der Waals surface area contributed by atoms with Gasteiger partial charge in [-0.1, -0.05) is 103 Å². The van der Waals surface area contributed by atoms with Crippen LogP contribution in [-0.4, -0.2) is 9.13 Å². The van der Waals surface area contributed by atoms with Gasteiger partial charge in [0, 0.05) is 38.7 Å². The van der Waals surface area contributed by atoms with E-state index in [9.17, 15) is 10.5 Å². The average molecular weight is 613 g/mol. The first kappa shape index (κ1) is 27.7. The van der Waals surface area contributed by atoms with Crippen molar-refractivity contribution in [2.45, 2.75) is 12.3 Å². The highest BCUT2D eigenvalue weighted by Gasteiger charge is 2.22. The number of hydrogen-bond acceptors (Lipinski definition) is 2. The van der Waals surface area contributed by atoms with E-state index in [-0.39, 0.29) is 5.92 Å². The SMILES string of the molecule is N#CC1=CC(c2ccc(-c3ccccc3-n3c4ccccc4c4ccccc43)cc2)CC(n2c3ccccc3c3cc(C#N)ccc32)=C1. The zero-order chi connectivity index (χ0) is 32.2. The summed E-state index contributed by atoms with van der Waals surface area (Å²) in [6.07, 6.45) is 4.85. The number of benzene rings is 6. The molecule has 9 rings (SSSR count). The predicted octanol–water partition coefficient (Wildman–Crippen LogP) is 10.9. The fourth-order valence-corrected chi connectivity index (χ4v) is 7.58. The Morgan fingerprint density at radius 1 is 0.542 bits per heavy atom. The van der Waals surface area contributed by atoms with Gasteiger partial charge in [-0.15, -0.1) is 0 Å². The van der Waals surface area contributed by atoms with Gasteiger partial charge < -0.3 is 9.13 Å². The molecule has 2 heterocycles. The van der Waals surface area contributed by atoms with Gasteiger partial charge in [0.2, 0.25) is 0 Å². The standard InChI is InChI=1S/C44H28N4/c45-27-29-17-22-44-39(25-29)38-12-4-6-14-41(38)47(44)34-24-30(28-46)23-33(26-34)31-18-20-32(21-19-31)35-9-1-5-13-40(35)48-42-15-7-2-10-36(42)37-11-3-8-16-43(37)48/h1-25,33H,26H2. The van der Waals surface area contributed by atoms with Crippen LogP contribution in [0.2, 0.25) is 0 Å². The number of aromatic nitrogens is 2. The first-order valence-electron chi connectivity index (χ1n) is 16.2. The highest BCUT2D eigenvalue weighted by Crippen LogP contribution is 2.41. The van der Waals surface area contributed by atoms with E-state index >= 15 is 0 Å². The van der Waals surface area contributed by atoms with Gasteiger partial charge in [-0.2, -0.15) is 10.5 Å². The van der Waals surface area contributed by atoms with Crippen molar-refractivity contribution < 1.29 is 0 Å². The molecule has 0 N–H and O–H groups in total. The third-order valence-corrected chi connectivity index (χ3v) is 9.72. The van der Waals surface area contributed by atoms with E-state index in [1.165, 1.54) is 27.4 Å². The van der Waals surface area contributed by atoms with Crippen molar-refractivity contribution in [3.63, 3.8) is 0 Å². The Bertz CT molecular complexity index is 2670. The quantitative estimate of drug-likeness (QED) is 0.199. The van der Waals surface area contributed by atoms with Gasteiger partial charge in [-0.05, 0) is 66.1 Å². The van der Waals surface area contributed by atoms with Crippen LogP contribution in [0.4, 0.5) is 0 Å². The monoisotopic (exact) mass is 612 g/mol. The normalized spacial score (nSPS) is 14.6. The Morgan fingerprint density at radius 2 is 1.12 bits per heavy atom. The molecule has 0 saturated heterocycles. The second-order valence-corrected chi connectivity index (χ2v) is 12.4. The Kier molecular flexibility index (Phi) is 6.35. The van der Waals surface area contributed by atoms with Crippen LogP contribution in [0.3, 0.4) is 0 Å². The molecule has 224 valence electrons. The van der Waals surface area contributed by atoms with Crippen LogP contribution in [-0.2, 0) is 0 Å². The summed E-state index contributed by atoms with van der Waals surface area (Å²) in [5.74, 6) is 0.0378. The van der Waals surface area contributed by atoms with Crippen LogP contribution in [0.1, 0.15) is 23.5 Å². The highest BCUT2D eigenvalue weighted by atomic mass is 15.0. The molecule has 0 bridgehead atoms. The Hall–Kier alpha value is -6.62. The summed E-state index contributed by atoms with van der Waals surface area (Å²) in [5, 5.41) is 24.3. The Balaban J connectivity index is 1.11. The molecule has 0 spiro atoms. The van der Waals surface area contributed by atoms with Gasteiger partial charge in [-0.3, -0.25) is 0 Å². The molecule has 4 heteroatoms. The van der Waals surface area contributed by atoms with E-state index < -0.39 is 0 Å². The van der Waals surface area contributed by atoms with Gasteiger partial charge in [0.05, 0.1) is 51.0 Å². The fourth-order valence-electron chi connectivity index (χ4n) is 7.58. The van der Waals surface area contributed by atoms with Crippen molar-refractivity contribution in [3.8, 4) is 29.0 Å². The molecule has 0 aliphatic heterocycles. The molecular formula is C44H28N4. The van der Waals surface area contributed by atoms with E-state index in [0.29, 0.717) is 11.1 Å². The fraction of sp³-hybridized carbons (Fsp3) is 0.0455. The lowest BCUT2D eigenvalue weighted by atomic mass is 9.87. The van der Waals surface area contributed by atoms with E-state index in [1.807, 2.05) is 36.4 Å². The molecule has 6 aromatic carbocycles. The summed E-state index contributed by atoms with van der Waals surface area (Å²) in [6.45, 7) is 0. The molecule has 0 radical (unpaired) electrons. The second-order valence-electron chi connectivity index (χ2n) is 12.4. The maximum absolute atomic E-state index is 10.1. The van der Waals surface area contributed by atoms with Crippen molar-refractivity contribution in [1.29, 1.82) is 10.5 Å². The molecule has 0 saturated carbocycles. The molecule has 1 atom stereocenters. The van der Waals surface area contributed by atoms with Crippen molar-refractivity contribution in [3.05, 3.63) is 168 Å². The van der Waals surface area contributed by atoms with Gasteiger partial charge in [0.25, 0.3) is 0 Å². The van der Waals surface area contributed by atoms with E-state index in [0.717, 1.165) is 50.7 Å². The van der Waals surface area contributed by atoms with Crippen LogP contribution < -0.4 is 0 Å². The Morgan fingerprint density at radius 3 is 1.79 bits per heavy atom. The molecule has 48 heavy (non-hydrogen) atoms. The lowest BCUT2D eigenvalue weighted by molar-refractivity contribution is 0.832. The Labute approximate surface area is 277 Å². The first-order chi connectivity index (χ1) is 23.7. The van der Waals surface area contributed by atoms with Crippen molar-refractivity contribution >= 4 is 49.3 Å². The minimum absolute atomic E-state index is 0.0378. The summed E-state index contributed by atoms with van der Waals surface area (Å²) < 4.78 is 4.64. The number of rotatable bonds is 4. The van der Waals surface area contributed by atoms with Gasteiger partial charge >= 0.3 is 0 Å². The molecule has 8 aromatic rings. The summed E-state index contributed by atoms with van der Waals surface area (Å²) in [6, 6.07) is 53.5. The van der Waals surface area contributed by atoms with Gasteiger partial charge in [0.1, 0.15) is 0 Å². The number of nitriles is 2. The third-order valence-electron chi connectivity index (χ3n) is 9.72. The summed E-state index contributed by atoms with van der Waals surface area (Å²) >= 11 is 0. The van der Waals surface area contributed by atoms with Crippen LogP contribution in [0.25, 0.3) is 66.1 Å². The molecule has 1 aliphatic carbocycles. The number of nitrogens with zero attached hydrogens (tertiary/aromatic N) is 4. The topological polar surface area (TPSA) is 57.4 Å². The lowest BCUT2D eigenvalue weighted by Crippen LogP contribution is -2.08. The van der Waals surface area contributed by atoms with Crippen molar-refractivity contribution in [1.82, 2.24) is 9.13 Å². The smallest absolute Gasteiger partial charge is 0.0991 e. The van der Waals surface area contributed by atoms with Gasteiger partial charge in [0.15, 0.2) is 0 Å². The first-order valence-corrected chi connectivity index (χ1v) is 16.2.